The molecule has 0 aromatic rings. The first-order valence-corrected chi connectivity index (χ1v) is 4.71. The van der Waals surface area contributed by atoms with E-state index in [1.54, 1.807) is 0 Å². The lowest BCUT2D eigenvalue weighted by molar-refractivity contribution is -0.428. The molecular weight excluding hydrogens is 154 g/mol. The number of aliphatic carboxylic acids is 1. The Kier molecular flexibility index (Phi) is 3.53. The average molecular weight is 171 g/mol. The Morgan fingerprint density at radius 2 is 2.25 bits per heavy atom. The molecule has 1 aliphatic rings. The van der Waals surface area contributed by atoms with Crippen LogP contribution in [0.25, 0.3) is 0 Å². The quantitative estimate of drug-likeness (QED) is 0.611. The third-order valence-corrected chi connectivity index (χ3v) is 2.65. The van der Waals surface area contributed by atoms with Gasteiger partial charge in [-0.15, -0.1) is 0 Å². The molecule has 0 aliphatic heterocycles. The molecule has 0 spiro atoms. The molecule has 0 unspecified atom stereocenters. The molecule has 0 bridgehead atoms. The Balaban J connectivity index is 2.18. The molecule has 2 atom stereocenters. The summed E-state index contributed by atoms with van der Waals surface area (Å²) in [5.41, 5.74) is 4.01. The van der Waals surface area contributed by atoms with Crippen molar-refractivity contribution >= 4 is 5.97 Å². The molecule has 12 heavy (non-hydrogen) atoms. The van der Waals surface area contributed by atoms with Gasteiger partial charge >= 0.3 is 0 Å². The van der Waals surface area contributed by atoms with E-state index in [2.05, 4.69) is 5.73 Å². The average Bonchev–Trinajstić information content (AvgIpc) is 2.01. The van der Waals surface area contributed by atoms with Crippen molar-refractivity contribution < 1.29 is 15.6 Å². The van der Waals surface area contributed by atoms with Gasteiger partial charge in [-0.1, -0.05) is 0 Å². The van der Waals surface area contributed by atoms with E-state index in [0.717, 1.165) is 12.8 Å². The number of carbonyl (C=O) groups is 1. The largest absolute Gasteiger partial charge is 0.550 e. The molecule has 0 amide bonds. The molecule has 1 rings (SSSR count). The molecule has 1 saturated carbocycles. The van der Waals surface area contributed by atoms with E-state index < -0.39 is 5.97 Å². The van der Waals surface area contributed by atoms with E-state index >= 15 is 0 Å². The van der Waals surface area contributed by atoms with Crippen LogP contribution in [0.2, 0.25) is 0 Å². The summed E-state index contributed by atoms with van der Waals surface area (Å²) >= 11 is 0. The molecule has 0 aromatic carbocycles. The van der Waals surface area contributed by atoms with Crippen molar-refractivity contribution in [3.8, 4) is 0 Å². The Hall–Kier alpha value is -0.570. The minimum absolute atomic E-state index is 0.220. The summed E-state index contributed by atoms with van der Waals surface area (Å²) in [6.07, 6.45) is 5.71. The van der Waals surface area contributed by atoms with Gasteiger partial charge in [0.1, 0.15) is 0 Å². The van der Waals surface area contributed by atoms with Crippen LogP contribution in [0.15, 0.2) is 0 Å². The van der Waals surface area contributed by atoms with Crippen molar-refractivity contribution in [2.45, 2.75) is 44.6 Å². The Morgan fingerprint density at radius 3 is 2.83 bits per heavy atom. The number of carboxylic acids is 1. The van der Waals surface area contributed by atoms with E-state index in [-0.39, 0.29) is 6.42 Å². The van der Waals surface area contributed by atoms with Crippen molar-refractivity contribution in [2.24, 2.45) is 5.92 Å². The van der Waals surface area contributed by atoms with Gasteiger partial charge in [-0.3, -0.25) is 0 Å². The van der Waals surface area contributed by atoms with Gasteiger partial charge in [0.15, 0.2) is 0 Å². The van der Waals surface area contributed by atoms with Gasteiger partial charge in [0.2, 0.25) is 0 Å². The topological polar surface area (TPSA) is 67.8 Å². The zero-order valence-corrected chi connectivity index (χ0v) is 7.42. The van der Waals surface area contributed by atoms with Gasteiger partial charge in [-0.25, -0.2) is 0 Å². The highest BCUT2D eigenvalue weighted by Crippen LogP contribution is 2.25. The highest BCUT2D eigenvalue weighted by molar-refractivity contribution is 5.64. The molecule has 3 heteroatoms. The lowest BCUT2D eigenvalue weighted by Gasteiger charge is -2.24. The smallest absolute Gasteiger partial charge is 0.0846 e. The lowest BCUT2D eigenvalue weighted by Crippen LogP contribution is -2.62. The first-order valence-electron chi connectivity index (χ1n) is 4.71. The van der Waals surface area contributed by atoms with Gasteiger partial charge in [-0.2, -0.15) is 0 Å². The number of carbonyl (C=O) groups excluding carboxylic acids is 1. The molecular formula is C9H17NO2. The predicted octanol–water partition coefficient (Wildman–Crippen LogP) is -0.683. The fourth-order valence-corrected chi connectivity index (χ4v) is 1.99. The second-order valence-corrected chi connectivity index (χ2v) is 3.81. The SMILES string of the molecule is [NH3+][C@H]1CCC[C@H](CCC(=O)[O-])C1. The molecule has 1 aliphatic carbocycles. The molecule has 0 aromatic heterocycles. The van der Waals surface area contributed by atoms with Crippen LogP contribution in [0.4, 0.5) is 0 Å². The minimum atomic E-state index is -0.916. The normalized spacial score (nSPS) is 30.1. The second-order valence-electron chi connectivity index (χ2n) is 3.81. The zero-order chi connectivity index (χ0) is 8.97. The molecule has 70 valence electrons. The van der Waals surface area contributed by atoms with Gasteiger partial charge < -0.3 is 15.6 Å². The van der Waals surface area contributed by atoms with Gasteiger partial charge in [0, 0.05) is 12.4 Å². The van der Waals surface area contributed by atoms with Crippen LogP contribution in [0.3, 0.4) is 0 Å². The van der Waals surface area contributed by atoms with Crippen molar-refractivity contribution in [1.29, 1.82) is 0 Å². The number of rotatable bonds is 3. The third-order valence-electron chi connectivity index (χ3n) is 2.65. The van der Waals surface area contributed by atoms with Gasteiger partial charge in [-0.05, 0) is 38.0 Å². The molecule has 3 nitrogen and oxygen atoms in total. The fraction of sp³-hybridized carbons (Fsp3) is 0.889. The van der Waals surface area contributed by atoms with Crippen molar-refractivity contribution in [2.75, 3.05) is 0 Å². The van der Waals surface area contributed by atoms with Crippen molar-refractivity contribution in [1.82, 2.24) is 0 Å². The highest BCUT2D eigenvalue weighted by atomic mass is 16.4. The van der Waals surface area contributed by atoms with Crippen molar-refractivity contribution in [3.63, 3.8) is 0 Å². The van der Waals surface area contributed by atoms with Crippen LogP contribution >= 0.6 is 0 Å². The summed E-state index contributed by atoms with van der Waals surface area (Å²) in [7, 11) is 0. The molecule has 0 radical (unpaired) electrons. The van der Waals surface area contributed by atoms with Crippen LogP contribution in [0, 0.1) is 5.92 Å². The fourth-order valence-electron chi connectivity index (χ4n) is 1.99. The molecule has 1 fully saturated rings. The van der Waals surface area contributed by atoms with E-state index in [0.29, 0.717) is 12.0 Å². The number of carboxylic acid groups (broad SMARTS) is 1. The number of hydrogen-bond acceptors (Lipinski definition) is 2. The summed E-state index contributed by atoms with van der Waals surface area (Å²) in [5.74, 6) is -0.333. The summed E-state index contributed by atoms with van der Waals surface area (Å²) < 4.78 is 0. The maximum Gasteiger partial charge on any atom is 0.0846 e. The molecule has 0 saturated heterocycles. The molecule has 3 N–H and O–H groups in total. The van der Waals surface area contributed by atoms with Crippen LogP contribution in [-0.4, -0.2) is 12.0 Å². The van der Waals surface area contributed by atoms with Crippen LogP contribution in [0.1, 0.15) is 38.5 Å². The Bertz CT molecular complexity index is 159. The van der Waals surface area contributed by atoms with Crippen LogP contribution in [0.5, 0.6) is 0 Å². The lowest BCUT2D eigenvalue weighted by atomic mass is 9.83. The van der Waals surface area contributed by atoms with Gasteiger partial charge in [0.25, 0.3) is 0 Å². The van der Waals surface area contributed by atoms with Crippen molar-refractivity contribution in [3.05, 3.63) is 0 Å². The monoisotopic (exact) mass is 171 g/mol. The summed E-state index contributed by atoms with van der Waals surface area (Å²) in [6, 6.07) is 0.547. The number of hydrogen-bond donors (Lipinski definition) is 1. The standard InChI is InChI=1S/C9H17NO2/c10-8-3-1-2-7(6-8)4-5-9(11)12/h7-8H,1-6,10H2,(H,11,12)/t7-,8+/m1/s1. The summed E-state index contributed by atoms with van der Waals surface area (Å²) in [5, 5.41) is 10.2. The van der Waals surface area contributed by atoms with E-state index in [9.17, 15) is 9.90 Å². The zero-order valence-electron chi connectivity index (χ0n) is 7.42. The maximum atomic E-state index is 10.2. The Morgan fingerprint density at radius 1 is 1.50 bits per heavy atom. The predicted molar refractivity (Wildman–Crippen MR) is 42.9 cm³/mol. The summed E-state index contributed by atoms with van der Waals surface area (Å²) in [6.45, 7) is 0. The first-order chi connectivity index (χ1) is 5.68. The van der Waals surface area contributed by atoms with Crippen LogP contribution in [-0.2, 0) is 4.79 Å². The summed E-state index contributed by atoms with van der Waals surface area (Å²) in [4.78, 5) is 10.2. The minimum Gasteiger partial charge on any atom is -0.550 e. The van der Waals surface area contributed by atoms with E-state index in [4.69, 9.17) is 0 Å². The Labute approximate surface area is 72.9 Å². The first kappa shape index (κ1) is 9.52. The third kappa shape index (κ3) is 3.22. The maximum absolute atomic E-state index is 10.2. The van der Waals surface area contributed by atoms with E-state index in [1.807, 2.05) is 0 Å². The van der Waals surface area contributed by atoms with E-state index in [1.165, 1.54) is 19.3 Å². The second kappa shape index (κ2) is 4.45. The van der Waals surface area contributed by atoms with Crippen LogP contribution < -0.4 is 10.8 Å². The number of quaternary nitrogens is 1. The highest BCUT2D eigenvalue weighted by Gasteiger charge is 2.20. The van der Waals surface area contributed by atoms with Gasteiger partial charge in [0.05, 0.1) is 6.04 Å². The molecule has 0 heterocycles.